The quantitative estimate of drug-likeness (QED) is 0.0341. The van der Waals surface area contributed by atoms with E-state index in [2.05, 4.69) is 36.4 Å². The summed E-state index contributed by atoms with van der Waals surface area (Å²) in [5.74, 6) is 0.0416. The molecule has 10 rings (SSSR count). The lowest BCUT2D eigenvalue weighted by molar-refractivity contribution is -0.139. The molecule has 2 aliphatic carbocycles. The van der Waals surface area contributed by atoms with Gasteiger partial charge in [0.2, 0.25) is 23.5 Å². The van der Waals surface area contributed by atoms with Crippen molar-refractivity contribution in [2.24, 2.45) is 5.92 Å². The summed E-state index contributed by atoms with van der Waals surface area (Å²) in [6, 6.07) is 10.3. The number of carbonyl (C=O) groups excluding carboxylic acids is 5. The van der Waals surface area contributed by atoms with Crippen LogP contribution in [-0.2, 0) is 14.4 Å². The van der Waals surface area contributed by atoms with Crippen LogP contribution < -0.4 is 26.0 Å². The zero-order chi connectivity index (χ0) is 53.4. The topological polar surface area (TPSA) is 224 Å². The molecule has 0 radical (unpaired) electrons. The Morgan fingerprint density at radius 3 is 2.49 bits per heavy atom. The van der Waals surface area contributed by atoms with Crippen LogP contribution in [-0.4, -0.2) is 145 Å². The number of ether oxygens (including phenoxy) is 1. The molecule has 1 unspecified atom stereocenters. The van der Waals surface area contributed by atoms with E-state index < -0.39 is 17.9 Å². The van der Waals surface area contributed by atoms with Crippen molar-refractivity contribution in [2.45, 2.75) is 108 Å². The predicted octanol–water partition coefficient (Wildman–Crippen LogP) is 7.03. The van der Waals surface area contributed by atoms with Crippen LogP contribution in [0.5, 0.6) is 5.75 Å². The number of nitrogens with one attached hydrogen (secondary N) is 5. The number of nitrogens with zero attached hydrogens (tertiary/aromatic N) is 8. The molecule has 4 aliphatic rings. The number of hydrogen-bond donors (Lipinski definition) is 5. The lowest BCUT2D eigenvalue weighted by Crippen LogP contribution is -2.55. The molecular weight excluding hydrogens is 1000 g/mol. The molecule has 0 spiro atoms. The second-order valence-corrected chi connectivity index (χ2v) is 21.7. The number of benzene rings is 2. The van der Waals surface area contributed by atoms with Crippen LogP contribution in [0.15, 0.2) is 72.6 Å². The fourth-order valence-electron chi connectivity index (χ4n) is 10.7. The van der Waals surface area contributed by atoms with E-state index in [-0.39, 0.29) is 59.2 Å². The van der Waals surface area contributed by atoms with Crippen molar-refractivity contribution in [2.75, 3.05) is 64.8 Å². The van der Waals surface area contributed by atoms with Crippen molar-refractivity contribution in [3.8, 4) is 17.0 Å². The van der Waals surface area contributed by atoms with Crippen molar-refractivity contribution in [3.05, 3.63) is 106 Å². The van der Waals surface area contributed by atoms with Crippen LogP contribution >= 0.6 is 11.3 Å². The molecule has 2 saturated carbocycles. The molecule has 19 nitrogen and oxygen atoms in total. The number of fused-ring (bicyclic) bond motifs is 1. The van der Waals surface area contributed by atoms with Gasteiger partial charge in [-0.3, -0.25) is 38.4 Å². The third-order valence-corrected chi connectivity index (χ3v) is 16.3. The van der Waals surface area contributed by atoms with E-state index in [1.807, 2.05) is 26.5 Å². The summed E-state index contributed by atoms with van der Waals surface area (Å²) < 4.78 is 23.7. The van der Waals surface area contributed by atoms with Crippen molar-refractivity contribution in [1.29, 1.82) is 0 Å². The normalized spacial score (nSPS) is 18.0. The molecule has 77 heavy (non-hydrogen) atoms. The van der Waals surface area contributed by atoms with E-state index >= 15 is 4.39 Å². The Labute approximate surface area is 451 Å². The van der Waals surface area contributed by atoms with Gasteiger partial charge in [-0.2, -0.15) is 5.10 Å². The summed E-state index contributed by atoms with van der Waals surface area (Å²) in [7, 11) is 1.73. The lowest BCUT2D eigenvalue weighted by Gasteiger charge is -2.35. The Morgan fingerprint density at radius 1 is 0.896 bits per heavy atom. The highest BCUT2D eigenvalue weighted by molar-refractivity contribution is 7.10. The molecule has 4 fully saturated rings. The summed E-state index contributed by atoms with van der Waals surface area (Å²) in [6.45, 7) is 5.42. The molecule has 4 amide bonds. The van der Waals surface area contributed by atoms with Crippen LogP contribution in [0.1, 0.15) is 133 Å². The standard InChI is InChI=1S/C56H68FN13O6S/c1-35(58-2)53(73)66-49(37-11-5-3-6-12-37)56(75)69-21-10-15-46(69)54-65-45(34-77-54)50(72)38-13-9-14-41(27-38)76-26-8-4-7-20-59-48(71)33-67-22-24-68(25-23-67)55(74)39-18-19-43(42(57)28-39)63-51-52-60-31-47(40-29-61-62-30-40)70(52)32-44(64-51)36-16-17-36/h9,13-14,18-19,27-32,34-37,46,49,58H,3-8,10-12,15-17,20-26,33H2,1-2H3,(H,59,71)(H,61,62)(H,63,64)(H,66,73)/t35-,46-,49?/m0/s1. The number of hydrogen-bond acceptors (Lipinski definition) is 14. The van der Waals surface area contributed by atoms with Gasteiger partial charge < -0.3 is 35.8 Å². The second kappa shape index (κ2) is 24.5. The van der Waals surface area contributed by atoms with Gasteiger partial charge in [-0.05, 0) is 108 Å². The molecule has 6 heterocycles. The Kier molecular flexibility index (Phi) is 17.0. The number of unbranched alkanes of at least 4 members (excludes halogenated alkanes) is 2. The van der Waals surface area contributed by atoms with Crippen molar-refractivity contribution >= 4 is 57.9 Å². The predicted molar refractivity (Wildman–Crippen MR) is 290 cm³/mol. The first-order valence-electron chi connectivity index (χ1n) is 27.2. The number of halogens is 1. The van der Waals surface area contributed by atoms with E-state index in [4.69, 9.17) is 14.7 Å². The lowest BCUT2D eigenvalue weighted by atomic mass is 9.83. The van der Waals surface area contributed by atoms with E-state index in [0.717, 1.165) is 99.0 Å². The van der Waals surface area contributed by atoms with Gasteiger partial charge in [-0.25, -0.2) is 19.3 Å². The molecule has 4 aromatic heterocycles. The highest BCUT2D eigenvalue weighted by atomic mass is 32.1. The number of H-pyrrole nitrogens is 1. The van der Waals surface area contributed by atoms with Crippen LogP contribution in [0.3, 0.4) is 0 Å². The number of aromatic amines is 1. The number of anilines is 2. The Balaban J connectivity index is 0.628. The third kappa shape index (κ3) is 12.7. The summed E-state index contributed by atoms with van der Waals surface area (Å²) in [4.78, 5) is 87.1. The minimum atomic E-state index is -0.590. The zero-order valence-electron chi connectivity index (χ0n) is 43.8. The molecule has 2 saturated heterocycles. The second-order valence-electron chi connectivity index (χ2n) is 20.8. The molecule has 3 atom stereocenters. The average Bonchev–Trinajstić information content (AvgIpc) is 3.94. The van der Waals surface area contributed by atoms with Gasteiger partial charge >= 0.3 is 0 Å². The van der Waals surface area contributed by atoms with Crippen LogP contribution in [0.2, 0.25) is 0 Å². The first-order valence-corrected chi connectivity index (χ1v) is 28.1. The van der Waals surface area contributed by atoms with Crippen LogP contribution in [0.25, 0.3) is 16.9 Å². The molecule has 21 heteroatoms. The van der Waals surface area contributed by atoms with Gasteiger partial charge in [-0.1, -0.05) is 31.4 Å². The van der Waals surface area contributed by atoms with E-state index in [1.165, 1.54) is 17.4 Å². The molecule has 5 N–H and O–H groups in total. The number of carbonyl (C=O) groups is 5. The average molecular weight is 1070 g/mol. The maximum atomic E-state index is 15.7. The molecule has 2 aliphatic heterocycles. The summed E-state index contributed by atoms with van der Waals surface area (Å²) in [6.07, 6.45) is 18.3. The minimum absolute atomic E-state index is 0.0654. The number of rotatable bonds is 22. The molecule has 0 bridgehead atoms. The number of likely N-dealkylation sites (tertiary alicyclic amines) is 1. The highest BCUT2D eigenvalue weighted by Gasteiger charge is 2.40. The summed E-state index contributed by atoms with van der Waals surface area (Å²) >= 11 is 1.39. The van der Waals surface area contributed by atoms with Gasteiger partial charge in [-0.15, -0.1) is 11.3 Å². The van der Waals surface area contributed by atoms with Gasteiger partial charge in [0.05, 0.1) is 54.7 Å². The van der Waals surface area contributed by atoms with Crippen LogP contribution in [0, 0.1) is 11.7 Å². The van der Waals surface area contributed by atoms with Gasteiger partial charge in [0.25, 0.3) is 5.91 Å². The van der Waals surface area contributed by atoms with Crippen LogP contribution in [0.4, 0.5) is 15.9 Å². The number of amides is 4. The Hall–Kier alpha value is -7.10. The molecule has 6 aromatic rings. The van der Waals surface area contributed by atoms with Gasteiger partial charge in [0.15, 0.2) is 11.5 Å². The highest BCUT2D eigenvalue weighted by Crippen LogP contribution is 2.41. The number of likely N-dealkylation sites (N-methyl/N-ethyl adjacent to an activating group) is 1. The minimum Gasteiger partial charge on any atom is -0.494 e. The summed E-state index contributed by atoms with van der Waals surface area (Å²) in [5, 5.41) is 21.6. The number of ketones is 1. The number of piperazine rings is 1. The zero-order valence-corrected chi connectivity index (χ0v) is 44.6. The summed E-state index contributed by atoms with van der Waals surface area (Å²) in [5.41, 5.74) is 4.38. The van der Waals surface area contributed by atoms with E-state index in [0.29, 0.717) is 80.3 Å². The monoisotopic (exact) mass is 1070 g/mol. The fraction of sp³-hybridized carbons (Fsp3) is 0.482. The number of aromatic nitrogens is 6. The van der Waals surface area contributed by atoms with E-state index in [9.17, 15) is 24.0 Å². The van der Waals surface area contributed by atoms with Crippen molar-refractivity contribution in [1.82, 2.24) is 60.2 Å². The number of thiazole rings is 1. The van der Waals surface area contributed by atoms with Crippen molar-refractivity contribution in [3.63, 3.8) is 0 Å². The third-order valence-electron chi connectivity index (χ3n) is 15.4. The number of imidazole rings is 1. The molecule has 406 valence electrons. The van der Waals surface area contributed by atoms with Gasteiger partial charge in [0, 0.05) is 79.7 Å². The Bertz CT molecular complexity index is 3060. The molecule has 2 aromatic carbocycles. The van der Waals surface area contributed by atoms with Crippen molar-refractivity contribution < 1.29 is 33.1 Å². The maximum absolute atomic E-state index is 15.7. The maximum Gasteiger partial charge on any atom is 0.254 e. The first kappa shape index (κ1) is 53.3. The Morgan fingerprint density at radius 2 is 1.73 bits per heavy atom. The smallest absolute Gasteiger partial charge is 0.254 e. The first-order chi connectivity index (χ1) is 37.5. The largest absolute Gasteiger partial charge is 0.494 e. The fourth-order valence-corrected chi connectivity index (χ4v) is 11.6. The molecular formula is C56H68FN13O6S. The SMILES string of the molecule is CN[C@@H](C)C(=O)NC(C(=O)N1CCC[C@H]1c1nc(C(=O)c2cccc(OCCCCCNC(=O)CN3CCN(C(=O)c4ccc(Nc5nc(C6CC6)cn6c(-c7cn[nH]c7)cnc56)c(F)c4)CC3)c2)cs1)C1CCCCC1. The van der Waals surface area contributed by atoms with Gasteiger partial charge in [0.1, 0.15) is 28.3 Å². The van der Waals surface area contributed by atoms with E-state index in [1.54, 1.807) is 73.2 Å².